The Morgan fingerprint density at radius 2 is 1.27 bits per heavy atom. The smallest absolute Gasteiger partial charge is 0.159 e. The third kappa shape index (κ3) is 11.7. The van der Waals surface area contributed by atoms with Gasteiger partial charge in [-0.2, -0.15) is 0 Å². The molecular formula is C27H49NO2. The van der Waals surface area contributed by atoms with Gasteiger partial charge >= 0.3 is 0 Å². The van der Waals surface area contributed by atoms with Crippen LogP contribution in [0, 0.1) is 0 Å². The molecule has 2 aliphatic rings. The highest BCUT2D eigenvalue weighted by Gasteiger charge is 2.24. The number of ether oxygens (including phenoxy) is 1. The Labute approximate surface area is 187 Å². The molecule has 30 heavy (non-hydrogen) atoms. The van der Waals surface area contributed by atoms with E-state index in [1.165, 1.54) is 50.6 Å². The Balaban J connectivity index is 0.000000923. The van der Waals surface area contributed by atoms with Gasteiger partial charge in [-0.25, -0.2) is 0 Å². The maximum Gasteiger partial charge on any atom is 0.159 e. The number of anilines is 1. The van der Waals surface area contributed by atoms with E-state index in [9.17, 15) is 4.79 Å². The van der Waals surface area contributed by atoms with Gasteiger partial charge in [-0.3, -0.25) is 4.79 Å². The first-order chi connectivity index (χ1) is 14.5. The minimum Gasteiger partial charge on any atom is -0.375 e. The van der Waals surface area contributed by atoms with Crippen LogP contribution in [-0.2, 0) is 4.74 Å². The van der Waals surface area contributed by atoms with E-state index < -0.39 is 0 Å². The normalized spacial score (nSPS) is 16.8. The van der Waals surface area contributed by atoms with Gasteiger partial charge in [-0.15, -0.1) is 0 Å². The Kier molecular flexibility index (Phi) is 17.6. The maximum atomic E-state index is 11.3. The standard InChI is InChI=1S/C19H27NO2.2C3H8.C2H6/c1-15(21)16-7-9-17(10-8-16)20-13-11-19(12-14-20)22-18-5-3-2-4-6-18;2*1-3-2;1-2/h7-10,18-19H,2-6,11-14H2,1H3;2*3H2,1-2H3;1-2H3. The second kappa shape index (κ2) is 18.4. The minimum atomic E-state index is 0.131. The predicted molar refractivity (Wildman–Crippen MR) is 133 cm³/mol. The summed E-state index contributed by atoms with van der Waals surface area (Å²) in [5.41, 5.74) is 2.01. The number of ketones is 1. The molecule has 174 valence electrons. The summed E-state index contributed by atoms with van der Waals surface area (Å²) in [4.78, 5) is 13.7. The summed E-state index contributed by atoms with van der Waals surface area (Å²) in [6.45, 7) is 16.2. The third-order valence-corrected chi connectivity index (χ3v) is 5.02. The van der Waals surface area contributed by atoms with Gasteiger partial charge in [0.2, 0.25) is 0 Å². The fourth-order valence-electron chi connectivity index (χ4n) is 3.63. The number of piperidine rings is 1. The summed E-state index contributed by atoms with van der Waals surface area (Å²) in [6.07, 6.45) is 12.3. The molecule has 0 unspecified atom stereocenters. The monoisotopic (exact) mass is 419 g/mol. The van der Waals surface area contributed by atoms with E-state index in [1.54, 1.807) is 6.92 Å². The molecule has 1 aliphatic carbocycles. The summed E-state index contributed by atoms with van der Waals surface area (Å²) in [5, 5.41) is 0. The topological polar surface area (TPSA) is 29.5 Å². The van der Waals surface area contributed by atoms with Crippen LogP contribution in [0.5, 0.6) is 0 Å². The highest BCUT2D eigenvalue weighted by molar-refractivity contribution is 5.94. The number of carbonyl (C=O) groups is 1. The van der Waals surface area contributed by atoms with E-state index in [1.807, 2.05) is 26.0 Å². The van der Waals surface area contributed by atoms with Crippen molar-refractivity contribution in [2.24, 2.45) is 0 Å². The molecule has 0 amide bonds. The van der Waals surface area contributed by atoms with Crippen LogP contribution < -0.4 is 4.90 Å². The van der Waals surface area contributed by atoms with Gasteiger partial charge in [0.1, 0.15) is 0 Å². The van der Waals surface area contributed by atoms with Crippen LogP contribution in [0.4, 0.5) is 5.69 Å². The first-order valence-corrected chi connectivity index (χ1v) is 12.6. The van der Waals surface area contributed by atoms with Crippen molar-refractivity contribution in [2.45, 2.75) is 118 Å². The average molecular weight is 420 g/mol. The number of hydrogen-bond acceptors (Lipinski definition) is 3. The molecule has 3 rings (SSSR count). The molecule has 2 fully saturated rings. The first-order valence-electron chi connectivity index (χ1n) is 12.6. The largest absolute Gasteiger partial charge is 0.375 e. The predicted octanol–water partition coefficient (Wildman–Crippen LogP) is 8.07. The number of nitrogens with zero attached hydrogens (tertiary/aromatic N) is 1. The SMILES string of the molecule is CC.CC(=O)c1ccc(N2CCC(OC3CCCCC3)CC2)cc1.CCC.CCC. The van der Waals surface area contributed by atoms with E-state index in [0.717, 1.165) is 31.5 Å². The van der Waals surface area contributed by atoms with Crippen LogP contribution in [0.25, 0.3) is 0 Å². The number of carbonyl (C=O) groups excluding carboxylic acids is 1. The quantitative estimate of drug-likeness (QED) is 0.462. The fourth-order valence-corrected chi connectivity index (χ4v) is 3.63. The Morgan fingerprint density at radius 3 is 1.70 bits per heavy atom. The average Bonchev–Trinajstić information content (AvgIpc) is 2.78. The summed E-state index contributed by atoms with van der Waals surface area (Å²) in [5.74, 6) is 0.131. The van der Waals surface area contributed by atoms with Gasteiger partial charge in [0, 0.05) is 24.3 Å². The lowest BCUT2D eigenvalue weighted by Gasteiger charge is -2.36. The molecule has 3 heteroatoms. The highest BCUT2D eigenvalue weighted by Crippen LogP contribution is 2.26. The van der Waals surface area contributed by atoms with Crippen LogP contribution in [-0.4, -0.2) is 31.1 Å². The summed E-state index contributed by atoms with van der Waals surface area (Å²) in [6, 6.07) is 8.00. The summed E-state index contributed by atoms with van der Waals surface area (Å²) in [7, 11) is 0. The van der Waals surface area contributed by atoms with Crippen LogP contribution in [0.3, 0.4) is 0 Å². The summed E-state index contributed by atoms with van der Waals surface area (Å²) >= 11 is 0. The highest BCUT2D eigenvalue weighted by atomic mass is 16.5. The minimum absolute atomic E-state index is 0.131. The number of Topliss-reactive ketones (excluding diaryl/α,β-unsaturated/α-hetero) is 1. The molecule has 1 heterocycles. The van der Waals surface area contributed by atoms with Gasteiger partial charge < -0.3 is 9.64 Å². The lowest BCUT2D eigenvalue weighted by Crippen LogP contribution is -2.38. The van der Waals surface area contributed by atoms with Crippen LogP contribution in [0.2, 0.25) is 0 Å². The zero-order valence-electron chi connectivity index (χ0n) is 21.0. The van der Waals surface area contributed by atoms with Gasteiger partial charge in [-0.1, -0.05) is 73.6 Å². The molecule has 0 N–H and O–H groups in total. The van der Waals surface area contributed by atoms with Crippen molar-refractivity contribution in [3.8, 4) is 0 Å². The van der Waals surface area contributed by atoms with Crippen molar-refractivity contribution in [3.63, 3.8) is 0 Å². The summed E-state index contributed by atoms with van der Waals surface area (Å²) < 4.78 is 6.30. The van der Waals surface area contributed by atoms with E-state index in [2.05, 4.69) is 44.7 Å². The van der Waals surface area contributed by atoms with E-state index >= 15 is 0 Å². The van der Waals surface area contributed by atoms with Crippen molar-refractivity contribution in [1.29, 1.82) is 0 Å². The van der Waals surface area contributed by atoms with E-state index in [0.29, 0.717) is 12.2 Å². The molecule has 0 aromatic heterocycles. The van der Waals surface area contributed by atoms with Crippen LogP contribution in [0.15, 0.2) is 24.3 Å². The molecule has 0 bridgehead atoms. The first kappa shape index (κ1) is 28.6. The molecule has 0 spiro atoms. The second-order valence-corrected chi connectivity index (χ2v) is 8.10. The van der Waals surface area contributed by atoms with E-state index in [-0.39, 0.29) is 5.78 Å². The zero-order valence-corrected chi connectivity index (χ0v) is 21.0. The van der Waals surface area contributed by atoms with Crippen molar-refractivity contribution in [1.82, 2.24) is 0 Å². The number of rotatable bonds is 4. The zero-order chi connectivity index (χ0) is 22.8. The van der Waals surface area contributed by atoms with E-state index in [4.69, 9.17) is 4.74 Å². The van der Waals surface area contributed by atoms with Crippen molar-refractivity contribution in [3.05, 3.63) is 29.8 Å². The Morgan fingerprint density at radius 1 is 0.833 bits per heavy atom. The molecule has 1 aliphatic heterocycles. The van der Waals surface area contributed by atoms with Crippen molar-refractivity contribution in [2.75, 3.05) is 18.0 Å². The molecule has 1 aromatic rings. The lowest BCUT2D eigenvalue weighted by molar-refractivity contribution is -0.0395. The Bertz CT molecular complexity index is 510. The maximum absolute atomic E-state index is 11.3. The number of benzene rings is 1. The van der Waals surface area contributed by atoms with Crippen molar-refractivity contribution >= 4 is 11.5 Å². The van der Waals surface area contributed by atoms with Crippen molar-refractivity contribution < 1.29 is 9.53 Å². The molecule has 3 nitrogen and oxygen atoms in total. The van der Waals surface area contributed by atoms with Crippen LogP contribution in [0.1, 0.15) is 117 Å². The molecular weight excluding hydrogens is 370 g/mol. The fraction of sp³-hybridized carbons (Fsp3) is 0.741. The lowest BCUT2D eigenvalue weighted by atomic mass is 9.97. The molecule has 0 radical (unpaired) electrons. The number of hydrogen-bond donors (Lipinski definition) is 0. The molecule has 1 saturated heterocycles. The third-order valence-electron chi connectivity index (χ3n) is 5.02. The second-order valence-electron chi connectivity index (χ2n) is 8.10. The van der Waals surface area contributed by atoms with Gasteiger partial charge in [0.05, 0.1) is 12.2 Å². The Hall–Kier alpha value is -1.35. The molecule has 0 atom stereocenters. The van der Waals surface area contributed by atoms with Gasteiger partial charge in [-0.05, 0) is 56.9 Å². The molecule has 1 aromatic carbocycles. The molecule has 1 saturated carbocycles. The van der Waals surface area contributed by atoms with Crippen LogP contribution >= 0.6 is 0 Å². The van der Waals surface area contributed by atoms with Gasteiger partial charge in [0.15, 0.2) is 5.78 Å². The van der Waals surface area contributed by atoms with Gasteiger partial charge in [0.25, 0.3) is 0 Å².